The number of aromatic nitrogens is 2. The van der Waals surface area contributed by atoms with E-state index in [9.17, 15) is 9.59 Å². The fourth-order valence-electron chi connectivity index (χ4n) is 6.54. The van der Waals surface area contributed by atoms with Crippen LogP contribution in [0.4, 0.5) is 9.59 Å². The predicted octanol–water partition coefficient (Wildman–Crippen LogP) is 5.81. The number of hydrogen-bond acceptors (Lipinski definition) is 5. The van der Waals surface area contributed by atoms with Gasteiger partial charge in [-0.2, -0.15) is 0 Å². The zero-order valence-corrected chi connectivity index (χ0v) is 24.8. The van der Waals surface area contributed by atoms with Crippen molar-refractivity contribution in [2.75, 3.05) is 33.3 Å². The van der Waals surface area contributed by atoms with Crippen LogP contribution < -0.4 is 0 Å². The van der Waals surface area contributed by atoms with Crippen molar-refractivity contribution in [2.45, 2.75) is 77.7 Å². The zero-order valence-electron chi connectivity index (χ0n) is 24.8. The van der Waals surface area contributed by atoms with Crippen molar-refractivity contribution in [3.05, 3.63) is 52.8 Å². The van der Waals surface area contributed by atoms with E-state index in [1.165, 1.54) is 5.56 Å². The topological polar surface area (TPSA) is 91.0 Å². The first-order valence-electron chi connectivity index (χ1n) is 14.8. The number of nitrogens with zero attached hydrogens (tertiary/aromatic N) is 4. The number of fused-ring (bicyclic) bond motifs is 2. The quantitative estimate of drug-likeness (QED) is 0.437. The molecular formula is C32H41N5O4. The summed E-state index contributed by atoms with van der Waals surface area (Å²) in [5.41, 5.74) is 7.11. The minimum atomic E-state index is -0.569. The number of H-pyrrole nitrogens is 1. The number of aryl methyl sites for hydroxylation is 1. The summed E-state index contributed by atoms with van der Waals surface area (Å²) < 4.78 is 11.3. The van der Waals surface area contributed by atoms with Gasteiger partial charge in [-0.05, 0) is 93.3 Å². The molecule has 0 spiro atoms. The summed E-state index contributed by atoms with van der Waals surface area (Å²) >= 11 is 0. The van der Waals surface area contributed by atoms with Gasteiger partial charge in [0.15, 0.2) is 0 Å². The number of methoxy groups -OCH3 is 1. The van der Waals surface area contributed by atoms with Crippen LogP contribution in [0.15, 0.2) is 30.6 Å². The van der Waals surface area contributed by atoms with Crippen LogP contribution in [0, 0.1) is 6.92 Å². The summed E-state index contributed by atoms with van der Waals surface area (Å²) in [5.74, 6) is 0. The molecule has 1 aromatic carbocycles. The molecular weight excluding hydrogens is 518 g/mol. The van der Waals surface area contributed by atoms with E-state index >= 15 is 0 Å². The Labute approximate surface area is 241 Å². The molecule has 9 heteroatoms. The molecule has 0 aliphatic carbocycles. The maximum atomic E-state index is 13.6. The van der Waals surface area contributed by atoms with Crippen LogP contribution in [0.2, 0.25) is 0 Å². The summed E-state index contributed by atoms with van der Waals surface area (Å²) in [6.45, 7) is 11.0. The summed E-state index contributed by atoms with van der Waals surface area (Å²) in [7, 11) is 1.71. The molecule has 3 aliphatic heterocycles. The highest BCUT2D eigenvalue weighted by molar-refractivity contribution is 5.85. The second-order valence-electron chi connectivity index (χ2n) is 12.7. The van der Waals surface area contributed by atoms with Crippen molar-refractivity contribution < 1.29 is 19.1 Å². The van der Waals surface area contributed by atoms with Crippen LogP contribution >= 0.6 is 0 Å². The molecule has 2 atom stereocenters. The Morgan fingerprint density at radius 3 is 2.63 bits per heavy atom. The molecule has 2 aromatic heterocycles. The lowest BCUT2D eigenvalue weighted by Crippen LogP contribution is -2.45. The predicted molar refractivity (Wildman–Crippen MR) is 158 cm³/mol. The smallest absolute Gasteiger partial charge is 0.410 e. The van der Waals surface area contributed by atoms with Gasteiger partial charge >= 0.3 is 12.1 Å². The number of likely N-dealkylation sites (tertiary alicyclic amines) is 2. The van der Waals surface area contributed by atoms with E-state index in [2.05, 4.69) is 35.1 Å². The minimum absolute atomic E-state index is 0.0678. The van der Waals surface area contributed by atoms with Crippen molar-refractivity contribution in [3.8, 4) is 11.1 Å². The molecule has 0 radical (unpaired) electrons. The third-order valence-corrected chi connectivity index (χ3v) is 8.71. The molecule has 6 rings (SSSR count). The van der Waals surface area contributed by atoms with Crippen LogP contribution in [-0.4, -0.2) is 81.8 Å². The largest absolute Gasteiger partial charge is 0.444 e. The molecule has 218 valence electrons. The molecule has 3 aromatic rings. The van der Waals surface area contributed by atoms with E-state index in [1.807, 2.05) is 47.9 Å². The number of pyridine rings is 1. The molecule has 5 heterocycles. The van der Waals surface area contributed by atoms with Gasteiger partial charge in [0.25, 0.3) is 0 Å². The highest BCUT2D eigenvalue weighted by Gasteiger charge is 2.37. The molecule has 3 amide bonds. The molecule has 0 unspecified atom stereocenters. The number of carbonyl (C=O) groups is 2. The number of amides is 3. The summed E-state index contributed by atoms with van der Waals surface area (Å²) in [6.07, 6.45) is 7.13. The normalized spacial score (nSPS) is 21.0. The first-order chi connectivity index (χ1) is 19.6. The maximum Gasteiger partial charge on any atom is 0.410 e. The van der Waals surface area contributed by atoms with E-state index in [4.69, 9.17) is 9.47 Å². The van der Waals surface area contributed by atoms with Gasteiger partial charge in [0, 0.05) is 63.2 Å². The van der Waals surface area contributed by atoms with Crippen LogP contribution in [-0.2, 0) is 22.4 Å². The average molecular weight is 560 g/mol. The number of aromatic amines is 1. The van der Waals surface area contributed by atoms with Crippen LogP contribution in [0.25, 0.3) is 22.2 Å². The molecule has 0 saturated carbocycles. The van der Waals surface area contributed by atoms with E-state index in [1.54, 1.807) is 7.11 Å². The third kappa shape index (κ3) is 5.39. The summed E-state index contributed by atoms with van der Waals surface area (Å²) in [6, 6.07) is 6.64. The standard InChI is InChI=1S/C32H41N5O4/c1-20-16-33-29-25(20)15-23(17-34-29)22-13-21-8-11-36(30(38)35-12-9-24(18-35)40-5)19-27(21)26(14-22)28-7-6-10-37(28)31(39)41-32(2,3)4/h13-17,24,28H,6-12,18-19H2,1-5H3,(H,33,34)/t24-,28-/m0/s1. The van der Waals surface area contributed by atoms with E-state index < -0.39 is 5.60 Å². The first kappa shape index (κ1) is 27.6. The molecule has 3 aliphatic rings. The van der Waals surface area contributed by atoms with Gasteiger partial charge in [-0.15, -0.1) is 0 Å². The number of hydrogen-bond donors (Lipinski definition) is 1. The lowest BCUT2D eigenvalue weighted by Gasteiger charge is -2.36. The Bertz CT molecular complexity index is 1470. The summed E-state index contributed by atoms with van der Waals surface area (Å²) in [4.78, 5) is 40.6. The zero-order chi connectivity index (χ0) is 28.9. The molecule has 9 nitrogen and oxygen atoms in total. The van der Waals surface area contributed by atoms with Gasteiger partial charge in [-0.25, -0.2) is 14.6 Å². The second kappa shape index (κ2) is 10.7. The van der Waals surface area contributed by atoms with Gasteiger partial charge in [0.1, 0.15) is 11.2 Å². The summed E-state index contributed by atoms with van der Waals surface area (Å²) in [5, 5.41) is 1.11. The number of carbonyl (C=O) groups excluding carboxylic acids is 2. The van der Waals surface area contributed by atoms with Gasteiger partial charge in [0.05, 0.1) is 12.1 Å². The van der Waals surface area contributed by atoms with Crippen molar-refractivity contribution in [3.63, 3.8) is 0 Å². The van der Waals surface area contributed by atoms with Crippen LogP contribution in [0.3, 0.4) is 0 Å². The number of rotatable bonds is 3. The number of ether oxygens (including phenoxy) is 2. The van der Waals surface area contributed by atoms with Gasteiger partial charge < -0.3 is 29.2 Å². The Kier molecular flexibility index (Phi) is 7.18. The average Bonchev–Trinajstić information content (AvgIpc) is 3.71. The van der Waals surface area contributed by atoms with Gasteiger partial charge in [-0.1, -0.05) is 6.07 Å². The third-order valence-electron chi connectivity index (χ3n) is 8.71. The SMILES string of the molecule is CO[C@H]1CCN(C(=O)N2CCc3cc(-c4cnc5[nH]cc(C)c5c4)cc([C@@H]4CCCN4C(=O)OC(C)(C)C)c3C2)C1. The lowest BCUT2D eigenvalue weighted by atomic mass is 9.87. The van der Waals surface area contributed by atoms with Crippen molar-refractivity contribution in [2.24, 2.45) is 0 Å². The van der Waals surface area contributed by atoms with Gasteiger partial charge in [0.2, 0.25) is 0 Å². The number of nitrogens with one attached hydrogen (secondary N) is 1. The van der Waals surface area contributed by atoms with Crippen LogP contribution in [0.1, 0.15) is 68.3 Å². The molecule has 41 heavy (non-hydrogen) atoms. The molecule has 2 fully saturated rings. The fourth-order valence-corrected chi connectivity index (χ4v) is 6.54. The number of urea groups is 1. The van der Waals surface area contributed by atoms with Crippen molar-refractivity contribution in [1.29, 1.82) is 0 Å². The van der Waals surface area contributed by atoms with Crippen molar-refractivity contribution >= 4 is 23.2 Å². The molecule has 2 saturated heterocycles. The van der Waals surface area contributed by atoms with Crippen LogP contribution in [0.5, 0.6) is 0 Å². The molecule has 0 bridgehead atoms. The molecule has 1 N–H and O–H groups in total. The van der Waals surface area contributed by atoms with E-state index in [-0.39, 0.29) is 24.3 Å². The van der Waals surface area contributed by atoms with Gasteiger partial charge in [-0.3, -0.25) is 0 Å². The minimum Gasteiger partial charge on any atom is -0.444 e. The fraction of sp³-hybridized carbons (Fsp3) is 0.531. The Balaban J connectivity index is 1.38. The second-order valence-corrected chi connectivity index (χ2v) is 12.7. The lowest BCUT2D eigenvalue weighted by molar-refractivity contribution is 0.0223. The Morgan fingerprint density at radius 1 is 1.05 bits per heavy atom. The maximum absolute atomic E-state index is 13.6. The number of benzene rings is 1. The Morgan fingerprint density at radius 2 is 1.88 bits per heavy atom. The monoisotopic (exact) mass is 559 g/mol. The van der Waals surface area contributed by atoms with E-state index in [0.717, 1.165) is 71.1 Å². The van der Waals surface area contributed by atoms with E-state index in [0.29, 0.717) is 26.2 Å². The highest BCUT2D eigenvalue weighted by atomic mass is 16.6. The highest BCUT2D eigenvalue weighted by Crippen LogP contribution is 2.40. The Hall–Kier alpha value is -3.59. The van der Waals surface area contributed by atoms with Crippen molar-refractivity contribution in [1.82, 2.24) is 24.7 Å². The first-order valence-corrected chi connectivity index (χ1v) is 14.8.